The number of aryl methyl sites for hydroxylation is 2. The number of aromatic nitrogens is 1. The predicted molar refractivity (Wildman–Crippen MR) is 175 cm³/mol. The zero-order chi connectivity index (χ0) is 32.0. The van der Waals surface area contributed by atoms with Crippen LogP contribution >= 0.6 is 0 Å². The molecule has 3 aromatic rings. The summed E-state index contributed by atoms with van der Waals surface area (Å²) in [5.74, 6) is -0.372. The molecule has 4 rings (SSSR count). The van der Waals surface area contributed by atoms with Crippen molar-refractivity contribution in [3.05, 3.63) is 65.4 Å². The third-order valence-electron chi connectivity index (χ3n) is 8.20. The zero-order valence-electron chi connectivity index (χ0n) is 26.5. The van der Waals surface area contributed by atoms with Gasteiger partial charge in [0.05, 0.1) is 23.1 Å². The van der Waals surface area contributed by atoms with Gasteiger partial charge < -0.3 is 25.6 Å². The maximum absolute atomic E-state index is 13.9. The normalized spacial score (nSPS) is 16.4. The fourth-order valence-corrected chi connectivity index (χ4v) is 6.85. The van der Waals surface area contributed by atoms with Crippen LogP contribution in [0.25, 0.3) is 10.9 Å². The topological polar surface area (TPSA) is 133 Å². The highest BCUT2D eigenvalue weighted by Gasteiger charge is 2.30. The SMILES string of the molecule is CCC[C@H](O)[C@H](NC[C@H](Cc1ccccc1)NC(=O)c1cc2c3c(c1)c(CC)cn3CCS(=O)(=O)N2C)C(=O)NCC(C)C. The molecule has 0 spiro atoms. The van der Waals surface area contributed by atoms with Crippen LogP contribution in [0, 0.1) is 5.92 Å². The van der Waals surface area contributed by atoms with Crippen molar-refractivity contribution in [1.82, 2.24) is 20.5 Å². The Hall–Kier alpha value is -3.41. The summed E-state index contributed by atoms with van der Waals surface area (Å²) in [4.78, 5) is 27.0. The molecule has 1 aliphatic rings. The fourth-order valence-electron chi connectivity index (χ4n) is 5.71. The molecule has 0 unspecified atom stereocenters. The molecule has 4 N–H and O–H groups in total. The molecule has 0 bridgehead atoms. The predicted octanol–water partition coefficient (Wildman–Crippen LogP) is 3.22. The average molecular weight is 626 g/mol. The van der Waals surface area contributed by atoms with Crippen molar-refractivity contribution in [2.24, 2.45) is 5.92 Å². The summed E-state index contributed by atoms with van der Waals surface area (Å²) in [5.41, 5.74) is 3.70. The Morgan fingerprint density at radius 1 is 1.07 bits per heavy atom. The lowest BCUT2D eigenvalue weighted by Gasteiger charge is -2.27. The maximum Gasteiger partial charge on any atom is 0.251 e. The summed E-state index contributed by atoms with van der Waals surface area (Å²) in [7, 11) is -2.01. The number of anilines is 1. The number of aliphatic hydroxyl groups excluding tert-OH is 1. The van der Waals surface area contributed by atoms with Crippen LogP contribution in [0.1, 0.15) is 62.0 Å². The second-order valence-electron chi connectivity index (χ2n) is 12.1. The van der Waals surface area contributed by atoms with Crippen molar-refractivity contribution >= 4 is 38.4 Å². The lowest BCUT2D eigenvalue weighted by atomic mass is 10.0. The molecule has 3 atom stereocenters. The average Bonchev–Trinajstić information content (AvgIpc) is 3.32. The van der Waals surface area contributed by atoms with E-state index in [0.717, 1.165) is 34.9 Å². The standard InChI is InChI=1S/C33H47N5O5S/c1-6-11-29(39)30(33(41)35-19-22(3)4)34-20-26(16-23-12-9-8-10-13-23)36-32(40)25-17-27-24(7-2)21-38-14-15-44(42,43)37(5)28(18-25)31(27)38/h8-10,12-13,17-18,21-22,26,29-30,34,39H,6-7,11,14-16,19-20H2,1-5H3,(H,35,41)(H,36,40)/t26-,29-,30-/m0/s1. The molecular weight excluding hydrogens is 578 g/mol. The Morgan fingerprint density at radius 3 is 2.45 bits per heavy atom. The third-order valence-corrected chi connectivity index (χ3v) is 9.93. The Balaban J connectivity index is 1.64. The van der Waals surface area contributed by atoms with Crippen molar-refractivity contribution in [3.8, 4) is 0 Å². The molecule has 0 aliphatic carbocycles. The number of hydrogen-bond donors (Lipinski definition) is 4. The Morgan fingerprint density at radius 2 is 1.80 bits per heavy atom. The molecule has 10 nitrogen and oxygen atoms in total. The van der Waals surface area contributed by atoms with Crippen LogP contribution in [0.3, 0.4) is 0 Å². The van der Waals surface area contributed by atoms with Gasteiger partial charge >= 0.3 is 0 Å². The van der Waals surface area contributed by atoms with Gasteiger partial charge in [-0.3, -0.25) is 13.9 Å². The Kier molecular flexibility index (Phi) is 11.1. The van der Waals surface area contributed by atoms with Crippen molar-refractivity contribution < 1.29 is 23.1 Å². The molecule has 240 valence electrons. The third kappa shape index (κ3) is 7.80. The summed E-state index contributed by atoms with van der Waals surface area (Å²) in [5, 5.41) is 21.0. The maximum atomic E-state index is 13.9. The number of nitrogens with one attached hydrogen (secondary N) is 3. The van der Waals surface area contributed by atoms with Crippen LogP contribution in [0.15, 0.2) is 48.7 Å². The number of rotatable bonds is 14. The minimum absolute atomic E-state index is 0.0206. The first-order chi connectivity index (χ1) is 20.9. The number of aliphatic hydroxyl groups is 1. The van der Waals surface area contributed by atoms with E-state index >= 15 is 0 Å². The van der Waals surface area contributed by atoms with Crippen LogP contribution in [0.5, 0.6) is 0 Å². The number of amides is 2. The van der Waals surface area contributed by atoms with E-state index in [0.29, 0.717) is 37.2 Å². The van der Waals surface area contributed by atoms with Gasteiger partial charge in [-0.2, -0.15) is 0 Å². The number of nitrogens with zero attached hydrogens (tertiary/aromatic N) is 2. The van der Waals surface area contributed by atoms with Crippen molar-refractivity contribution in [3.63, 3.8) is 0 Å². The van der Waals surface area contributed by atoms with E-state index in [4.69, 9.17) is 0 Å². The van der Waals surface area contributed by atoms with Crippen LogP contribution < -0.4 is 20.3 Å². The molecule has 1 aromatic heterocycles. The van der Waals surface area contributed by atoms with Gasteiger partial charge in [0.1, 0.15) is 6.04 Å². The highest BCUT2D eigenvalue weighted by Crippen LogP contribution is 2.35. The van der Waals surface area contributed by atoms with E-state index in [1.165, 1.54) is 11.4 Å². The fraction of sp³-hybridized carbons (Fsp3) is 0.515. The van der Waals surface area contributed by atoms with Gasteiger partial charge in [0, 0.05) is 49.9 Å². The van der Waals surface area contributed by atoms with Crippen LogP contribution in [-0.2, 0) is 34.2 Å². The second kappa shape index (κ2) is 14.6. The number of sulfonamides is 1. The molecule has 1 aliphatic heterocycles. The molecule has 0 radical (unpaired) electrons. The monoisotopic (exact) mass is 625 g/mol. The molecule has 11 heteroatoms. The summed E-state index contributed by atoms with van der Waals surface area (Å²) in [6, 6.07) is 12.0. The van der Waals surface area contributed by atoms with Crippen LogP contribution in [-0.4, -0.2) is 74.0 Å². The second-order valence-corrected chi connectivity index (χ2v) is 14.2. The van der Waals surface area contributed by atoms with Crippen molar-refractivity contribution in [2.75, 3.05) is 30.2 Å². The minimum atomic E-state index is -3.55. The smallest absolute Gasteiger partial charge is 0.251 e. The molecule has 44 heavy (non-hydrogen) atoms. The first-order valence-electron chi connectivity index (χ1n) is 15.6. The van der Waals surface area contributed by atoms with Gasteiger partial charge in [-0.05, 0) is 48.4 Å². The number of carbonyl (C=O) groups excluding carboxylic acids is 2. The minimum Gasteiger partial charge on any atom is -0.391 e. The zero-order valence-corrected chi connectivity index (χ0v) is 27.3. The van der Waals surface area contributed by atoms with E-state index in [9.17, 15) is 23.1 Å². The molecular formula is C33H47N5O5S. The molecule has 0 saturated heterocycles. The largest absolute Gasteiger partial charge is 0.391 e. The van der Waals surface area contributed by atoms with Gasteiger partial charge in [0.2, 0.25) is 15.9 Å². The number of hydrogen-bond acceptors (Lipinski definition) is 6. The van der Waals surface area contributed by atoms with Crippen LogP contribution in [0.2, 0.25) is 0 Å². The first-order valence-corrected chi connectivity index (χ1v) is 17.2. The van der Waals surface area contributed by atoms with Crippen molar-refractivity contribution in [2.45, 2.75) is 78.1 Å². The highest BCUT2D eigenvalue weighted by atomic mass is 32.2. The first kappa shape index (κ1) is 33.5. The van der Waals surface area contributed by atoms with Crippen molar-refractivity contribution in [1.29, 1.82) is 0 Å². The van der Waals surface area contributed by atoms with E-state index < -0.39 is 28.2 Å². The molecule has 0 fully saturated rings. The molecule has 2 amide bonds. The molecule has 2 heterocycles. The highest BCUT2D eigenvalue weighted by molar-refractivity contribution is 7.92. The van der Waals surface area contributed by atoms with Gasteiger partial charge in [0.25, 0.3) is 5.91 Å². The van der Waals surface area contributed by atoms with Gasteiger partial charge in [-0.1, -0.05) is 64.4 Å². The summed E-state index contributed by atoms with van der Waals surface area (Å²) in [6.45, 7) is 9.10. The Labute approximate surface area is 261 Å². The summed E-state index contributed by atoms with van der Waals surface area (Å²) in [6.07, 6.45) is 3.51. The quantitative estimate of drug-likeness (QED) is 0.218. The number of carbonyl (C=O) groups is 2. The van der Waals surface area contributed by atoms with Gasteiger partial charge in [0.15, 0.2) is 0 Å². The van der Waals surface area contributed by atoms with E-state index in [1.54, 1.807) is 6.07 Å². The summed E-state index contributed by atoms with van der Waals surface area (Å²) < 4.78 is 29.2. The lowest BCUT2D eigenvalue weighted by molar-refractivity contribution is -0.126. The lowest BCUT2D eigenvalue weighted by Crippen LogP contribution is -2.55. The summed E-state index contributed by atoms with van der Waals surface area (Å²) >= 11 is 0. The van der Waals surface area contributed by atoms with Gasteiger partial charge in [-0.25, -0.2) is 8.42 Å². The van der Waals surface area contributed by atoms with E-state index in [-0.39, 0.29) is 30.0 Å². The van der Waals surface area contributed by atoms with E-state index in [1.807, 2.05) is 74.9 Å². The molecule has 2 aromatic carbocycles. The van der Waals surface area contributed by atoms with Crippen LogP contribution in [0.4, 0.5) is 5.69 Å². The molecule has 0 saturated carbocycles. The van der Waals surface area contributed by atoms with E-state index in [2.05, 4.69) is 16.0 Å². The number of benzene rings is 2. The Bertz CT molecular complexity index is 1550. The van der Waals surface area contributed by atoms with Gasteiger partial charge in [-0.15, -0.1) is 0 Å².